The molecule has 0 aromatic rings. The smallest absolute Gasteiger partial charge is 0.306 e. The molecular weight excluding hydrogens is 937 g/mol. The zero-order chi connectivity index (χ0) is 55.0. The highest BCUT2D eigenvalue weighted by Crippen LogP contribution is 2.16. The lowest BCUT2D eigenvalue weighted by molar-refractivity contribution is -0.167. The SMILES string of the molecule is CC/C=C\C/C=C\C/C=C\C/C=C\C/C=C\CCCCCCCCCCCC(=O)OCC(COC(=O)CCCCCCC/C=C\CCCCCCC)OC(=O)CCCCCCCCCCC/C=C\C/C=C\CCCCC. The minimum Gasteiger partial charge on any atom is -0.462 e. The van der Waals surface area contributed by atoms with Crippen molar-refractivity contribution in [3.05, 3.63) is 97.2 Å². The maximum Gasteiger partial charge on any atom is 0.306 e. The van der Waals surface area contributed by atoms with Crippen molar-refractivity contribution < 1.29 is 28.6 Å². The van der Waals surface area contributed by atoms with Crippen molar-refractivity contribution in [2.24, 2.45) is 0 Å². The minimum absolute atomic E-state index is 0.0843. The van der Waals surface area contributed by atoms with Crippen LogP contribution in [0, 0.1) is 0 Å². The van der Waals surface area contributed by atoms with Gasteiger partial charge in [0.2, 0.25) is 0 Å². The molecule has 0 saturated carbocycles. The minimum atomic E-state index is -0.787. The van der Waals surface area contributed by atoms with E-state index in [-0.39, 0.29) is 31.1 Å². The van der Waals surface area contributed by atoms with Gasteiger partial charge >= 0.3 is 17.9 Å². The first kappa shape index (κ1) is 72.3. The quantitative estimate of drug-likeness (QED) is 0.0261. The van der Waals surface area contributed by atoms with Crippen molar-refractivity contribution in [2.45, 2.75) is 316 Å². The first-order valence-corrected chi connectivity index (χ1v) is 32.2. The molecular formula is C70H120O6. The van der Waals surface area contributed by atoms with Crippen LogP contribution in [-0.2, 0) is 28.6 Å². The molecule has 0 spiro atoms. The molecule has 0 aromatic carbocycles. The average Bonchev–Trinajstić information content (AvgIpc) is 3.42. The van der Waals surface area contributed by atoms with Crippen molar-refractivity contribution in [1.29, 1.82) is 0 Å². The third kappa shape index (κ3) is 61.2. The fraction of sp³-hybridized carbons (Fsp3) is 0.729. The molecule has 0 aliphatic carbocycles. The molecule has 6 nitrogen and oxygen atoms in total. The average molecular weight is 1060 g/mol. The summed E-state index contributed by atoms with van der Waals surface area (Å²) >= 11 is 0. The van der Waals surface area contributed by atoms with Gasteiger partial charge in [0, 0.05) is 19.3 Å². The highest BCUT2D eigenvalue weighted by atomic mass is 16.6. The Labute approximate surface area is 470 Å². The lowest BCUT2D eigenvalue weighted by Crippen LogP contribution is -2.30. The summed E-state index contributed by atoms with van der Waals surface area (Å²) in [6, 6.07) is 0. The fourth-order valence-electron chi connectivity index (χ4n) is 8.97. The second-order valence-electron chi connectivity index (χ2n) is 21.3. The molecule has 436 valence electrons. The molecule has 0 aliphatic rings. The number of rotatable bonds is 58. The number of unbranched alkanes of at least 4 members (excludes halogenated alkanes) is 31. The molecule has 1 unspecified atom stereocenters. The Balaban J connectivity index is 4.36. The van der Waals surface area contributed by atoms with Gasteiger partial charge in [-0.25, -0.2) is 0 Å². The molecule has 76 heavy (non-hydrogen) atoms. The van der Waals surface area contributed by atoms with Crippen molar-refractivity contribution in [3.63, 3.8) is 0 Å². The van der Waals surface area contributed by atoms with Crippen molar-refractivity contribution in [3.8, 4) is 0 Å². The van der Waals surface area contributed by atoms with Crippen molar-refractivity contribution in [1.82, 2.24) is 0 Å². The van der Waals surface area contributed by atoms with Crippen LogP contribution in [0.4, 0.5) is 0 Å². The van der Waals surface area contributed by atoms with Crippen LogP contribution in [-0.4, -0.2) is 37.2 Å². The van der Waals surface area contributed by atoms with Gasteiger partial charge in [-0.15, -0.1) is 0 Å². The fourth-order valence-corrected chi connectivity index (χ4v) is 8.97. The number of carbonyl (C=O) groups excluding carboxylic acids is 3. The Kier molecular flexibility index (Phi) is 60.8. The van der Waals surface area contributed by atoms with Crippen LogP contribution in [0.1, 0.15) is 310 Å². The molecule has 0 heterocycles. The van der Waals surface area contributed by atoms with E-state index in [0.717, 1.165) is 109 Å². The highest BCUT2D eigenvalue weighted by Gasteiger charge is 2.19. The molecule has 0 aliphatic heterocycles. The molecule has 6 heteroatoms. The number of carbonyl (C=O) groups is 3. The number of esters is 3. The Morgan fingerprint density at radius 2 is 0.513 bits per heavy atom. The van der Waals surface area contributed by atoms with Gasteiger partial charge in [0.05, 0.1) is 0 Å². The molecule has 0 saturated heterocycles. The maximum atomic E-state index is 12.9. The van der Waals surface area contributed by atoms with Gasteiger partial charge in [0.1, 0.15) is 13.2 Å². The molecule has 0 radical (unpaired) electrons. The van der Waals surface area contributed by atoms with Gasteiger partial charge in [-0.3, -0.25) is 14.4 Å². The monoisotopic (exact) mass is 1060 g/mol. The van der Waals surface area contributed by atoms with Gasteiger partial charge in [-0.1, -0.05) is 266 Å². The zero-order valence-electron chi connectivity index (χ0n) is 50.0. The molecule has 0 amide bonds. The third-order valence-corrected chi connectivity index (χ3v) is 13.8. The van der Waals surface area contributed by atoms with Crippen LogP contribution in [0.2, 0.25) is 0 Å². The van der Waals surface area contributed by atoms with Crippen LogP contribution in [0.15, 0.2) is 97.2 Å². The Hall–Kier alpha value is -3.67. The van der Waals surface area contributed by atoms with Crippen molar-refractivity contribution >= 4 is 17.9 Å². The van der Waals surface area contributed by atoms with Gasteiger partial charge in [-0.2, -0.15) is 0 Å². The van der Waals surface area contributed by atoms with E-state index in [1.807, 2.05) is 0 Å². The number of hydrogen-bond donors (Lipinski definition) is 0. The number of hydrogen-bond acceptors (Lipinski definition) is 6. The third-order valence-electron chi connectivity index (χ3n) is 13.8. The normalized spacial score (nSPS) is 12.7. The molecule has 0 N–H and O–H groups in total. The first-order valence-electron chi connectivity index (χ1n) is 32.2. The second-order valence-corrected chi connectivity index (χ2v) is 21.3. The van der Waals surface area contributed by atoms with E-state index >= 15 is 0 Å². The van der Waals surface area contributed by atoms with E-state index < -0.39 is 6.10 Å². The van der Waals surface area contributed by atoms with Crippen LogP contribution in [0.3, 0.4) is 0 Å². The lowest BCUT2D eigenvalue weighted by atomic mass is 10.1. The summed E-state index contributed by atoms with van der Waals surface area (Å²) in [5.41, 5.74) is 0. The van der Waals surface area contributed by atoms with Crippen LogP contribution in [0.5, 0.6) is 0 Å². The Morgan fingerprint density at radius 1 is 0.276 bits per heavy atom. The second kappa shape index (κ2) is 63.9. The standard InChI is InChI=1S/C70H120O6/c1-4-7-10-13-16-19-22-25-28-30-32-33-34-35-36-37-39-40-42-45-48-51-54-57-60-63-69(72)75-66-67(65-74-68(71)62-59-56-53-50-47-44-27-24-21-18-15-12-9-6-3)76-70(73)64-61-58-55-52-49-46-43-41-38-31-29-26-23-20-17-14-11-8-5-2/h7,10,16-17,19-20,24-29,32-33,35-36,67H,4-6,8-9,11-15,18,21-23,30-31,34,37-66H2,1-3H3/b10-7-,19-16-,20-17-,27-24-,28-25-,29-26-,33-32-,36-35-. The Morgan fingerprint density at radius 3 is 0.842 bits per heavy atom. The van der Waals surface area contributed by atoms with Crippen LogP contribution >= 0.6 is 0 Å². The molecule has 0 bridgehead atoms. The van der Waals surface area contributed by atoms with Gasteiger partial charge in [0.25, 0.3) is 0 Å². The summed E-state index contributed by atoms with van der Waals surface area (Å²) in [5, 5.41) is 0. The van der Waals surface area contributed by atoms with Gasteiger partial charge in [-0.05, 0) is 122 Å². The topological polar surface area (TPSA) is 78.9 Å². The summed E-state index contributed by atoms with van der Waals surface area (Å²) in [4.78, 5) is 38.3. The number of allylic oxidation sites excluding steroid dienone is 16. The predicted octanol–water partition coefficient (Wildman–Crippen LogP) is 22.0. The van der Waals surface area contributed by atoms with E-state index in [2.05, 4.69) is 118 Å². The summed E-state index contributed by atoms with van der Waals surface area (Å²) in [5.74, 6) is -0.892. The lowest BCUT2D eigenvalue weighted by Gasteiger charge is -2.18. The van der Waals surface area contributed by atoms with E-state index in [1.165, 1.54) is 161 Å². The van der Waals surface area contributed by atoms with Crippen LogP contribution < -0.4 is 0 Å². The van der Waals surface area contributed by atoms with E-state index in [9.17, 15) is 14.4 Å². The maximum absolute atomic E-state index is 12.9. The zero-order valence-corrected chi connectivity index (χ0v) is 50.0. The van der Waals surface area contributed by atoms with E-state index in [1.54, 1.807) is 0 Å². The first-order chi connectivity index (χ1) is 37.5. The Bertz CT molecular complexity index is 1490. The highest BCUT2D eigenvalue weighted by molar-refractivity contribution is 5.71. The summed E-state index contributed by atoms with van der Waals surface area (Å²) in [6.07, 6.45) is 85.5. The van der Waals surface area contributed by atoms with Crippen molar-refractivity contribution in [2.75, 3.05) is 13.2 Å². The summed E-state index contributed by atoms with van der Waals surface area (Å²) in [6.45, 7) is 6.50. The number of ether oxygens (including phenoxy) is 3. The van der Waals surface area contributed by atoms with Crippen LogP contribution in [0.25, 0.3) is 0 Å². The molecule has 1 atom stereocenters. The van der Waals surface area contributed by atoms with Gasteiger partial charge < -0.3 is 14.2 Å². The van der Waals surface area contributed by atoms with Gasteiger partial charge in [0.15, 0.2) is 6.10 Å². The van der Waals surface area contributed by atoms with E-state index in [0.29, 0.717) is 19.3 Å². The molecule has 0 fully saturated rings. The predicted molar refractivity (Wildman–Crippen MR) is 330 cm³/mol. The molecule has 0 rings (SSSR count). The van der Waals surface area contributed by atoms with E-state index in [4.69, 9.17) is 14.2 Å². The largest absolute Gasteiger partial charge is 0.462 e. The summed E-state index contributed by atoms with van der Waals surface area (Å²) < 4.78 is 16.9. The summed E-state index contributed by atoms with van der Waals surface area (Å²) in [7, 11) is 0. The molecule has 0 aromatic heterocycles.